The minimum atomic E-state index is -0.314. The molecule has 0 aromatic carbocycles. The Labute approximate surface area is 199 Å². The number of unbranched alkanes of at least 4 members (excludes halogenated alkanes) is 1. The minimum Gasteiger partial charge on any atom is -0.347 e. The Hall–Kier alpha value is 0.700. The van der Waals surface area contributed by atoms with Gasteiger partial charge in [-0.15, -0.1) is 0 Å². The molecule has 0 N–H and O–H groups in total. The molecule has 4 fully saturated rings. The SMILES string of the molecule is CC1(C)CC2(CC(C)(C)P1CCCCP1C(C)(C)CC3(CC1(C)C)OCCO3)OCCO2. The number of rotatable bonds is 5. The molecule has 0 aromatic heterocycles. The van der Waals surface area contributed by atoms with Crippen molar-refractivity contribution in [2.45, 2.75) is 126 Å². The Morgan fingerprint density at radius 2 is 0.719 bits per heavy atom. The van der Waals surface area contributed by atoms with Crippen molar-refractivity contribution < 1.29 is 18.9 Å². The normalized spacial score (nSPS) is 32.6. The van der Waals surface area contributed by atoms with Gasteiger partial charge in [0.15, 0.2) is 11.6 Å². The number of ether oxygens (including phenoxy) is 4. The van der Waals surface area contributed by atoms with Crippen molar-refractivity contribution in [1.82, 2.24) is 0 Å². The first-order valence-electron chi connectivity index (χ1n) is 12.8. The molecule has 4 nitrogen and oxygen atoms in total. The predicted molar refractivity (Wildman–Crippen MR) is 137 cm³/mol. The average molecular weight is 487 g/mol. The summed E-state index contributed by atoms with van der Waals surface area (Å²) in [6.07, 6.45) is 9.71. The van der Waals surface area contributed by atoms with E-state index in [0.29, 0.717) is 20.6 Å². The van der Waals surface area contributed by atoms with Gasteiger partial charge in [-0.3, -0.25) is 0 Å². The molecule has 0 radical (unpaired) electrons. The Morgan fingerprint density at radius 3 is 0.969 bits per heavy atom. The minimum absolute atomic E-state index is 0.0823. The Kier molecular flexibility index (Phi) is 6.99. The van der Waals surface area contributed by atoms with Gasteiger partial charge in [0.25, 0.3) is 0 Å². The van der Waals surface area contributed by atoms with Gasteiger partial charge in [0.2, 0.25) is 0 Å². The van der Waals surface area contributed by atoms with Crippen molar-refractivity contribution in [2.75, 3.05) is 38.8 Å². The van der Waals surface area contributed by atoms with Crippen LogP contribution >= 0.6 is 15.8 Å². The lowest BCUT2D eigenvalue weighted by Gasteiger charge is -2.56. The molecule has 4 rings (SSSR count). The summed E-state index contributed by atoms with van der Waals surface area (Å²) in [4.78, 5) is 0. The Morgan fingerprint density at radius 1 is 0.469 bits per heavy atom. The molecule has 0 atom stereocenters. The van der Waals surface area contributed by atoms with E-state index in [1.807, 2.05) is 0 Å². The molecule has 0 aliphatic carbocycles. The smallest absolute Gasteiger partial charge is 0.170 e. The quantitative estimate of drug-likeness (QED) is 0.312. The molecule has 0 saturated carbocycles. The number of hydrogen-bond acceptors (Lipinski definition) is 4. The van der Waals surface area contributed by atoms with Gasteiger partial charge in [0, 0.05) is 25.7 Å². The van der Waals surface area contributed by atoms with Crippen LogP contribution in [0, 0.1) is 0 Å². The summed E-state index contributed by atoms with van der Waals surface area (Å²) >= 11 is 0. The Balaban J connectivity index is 1.35. The van der Waals surface area contributed by atoms with Crippen molar-refractivity contribution in [2.24, 2.45) is 0 Å². The van der Waals surface area contributed by atoms with Crippen LogP contribution in [0.2, 0.25) is 0 Å². The topological polar surface area (TPSA) is 36.9 Å². The highest BCUT2D eigenvalue weighted by molar-refractivity contribution is 7.61. The van der Waals surface area contributed by atoms with Crippen LogP contribution < -0.4 is 0 Å². The summed E-state index contributed by atoms with van der Waals surface area (Å²) in [5.41, 5.74) is 0. The van der Waals surface area contributed by atoms with E-state index in [2.05, 4.69) is 55.4 Å². The fourth-order valence-electron chi connectivity index (χ4n) is 7.93. The first kappa shape index (κ1) is 25.8. The van der Waals surface area contributed by atoms with Crippen LogP contribution in [0.4, 0.5) is 0 Å². The molecule has 0 aromatic rings. The number of hydrogen-bond donors (Lipinski definition) is 0. The molecule has 6 heteroatoms. The van der Waals surface area contributed by atoms with Crippen molar-refractivity contribution in [3.8, 4) is 0 Å². The Bertz CT molecular complexity index is 577. The van der Waals surface area contributed by atoms with E-state index in [4.69, 9.17) is 18.9 Å². The van der Waals surface area contributed by atoms with Gasteiger partial charge in [-0.2, -0.15) is 0 Å². The summed E-state index contributed by atoms with van der Waals surface area (Å²) in [5, 5.41) is 1.22. The van der Waals surface area contributed by atoms with Crippen LogP contribution in [0.15, 0.2) is 0 Å². The molecular weight excluding hydrogens is 438 g/mol. The van der Waals surface area contributed by atoms with Crippen LogP contribution in [-0.2, 0) is 18.9 Å². The summed E-state index contributed by atoms with van der Waals surface area (Å²) < 4.78 is 24.6. The summed E-state index contributed by atoms with van der Waals surface area (Å²) in [6, 6.07) is 0. The average Bonchev–Trinajstić information content (AvgIpc) is 3.22. The second-order valence-electron chi connectivity index (χ2n) is 13.2. The summed E-state index contributed by atoms with van der Waals surface area (Å²) in [7, 11) is -0.165. The van der Waals surface area contributed by atoms with Crippen LogP contribution in [0.25, 0.3) is 0 Å². The van der Waals surface area contributed by atoms with Crippen molar-refractivity contribution in [3.63, 3.8) is 0 Å². The first-order valence-corrected chi connectivity index (χ1v) is 15.9. The highest BCUT2D eigenvalue weighted by Gasteiger charge is 2.57. The van der Waals surface area contributed by atoms with Crippen LogP contribution in [0.1, 0.15) is 93.9 Å². The van der Waals surface area contributed by atoms with Crippen molar-refractivity contribution >= 4 is 15.8 Å². The highest BCUT2D eigenvalue weighted by atomic mass is 31.1. The lowest BCUT2D eigenvalue weighted by Crippen LogP contribution is -2.51. The summed E-state index contributed by atoms with van der Waals surface area (Å²) in [5.74, 6) is -0.628. The second kappa shape index (κ2) is 8.67. The molecule has 0 unspecified atom stereocenters. The van der Waals surface area contributed by atoms with Crippen LogP contribution in [0.5, 0.6) is 0 Å². The van der Waals surface area contributed by atoms with E-state index in [1.54, 1.807) is 0 Å². The molecule has 4 saturated heterocycles. The third kappa shape index (κ3) is 4.99. The van der Waals surface area contributed by atoms with E-state index in [9.17, 15) is 0 Å². The predicted octanol–water partition coefficient (Wildman–Crippen LogP) is 6.92. The zero-order valence-electron chi connectivity index (χ0n) is 22.0. The zero-order chi connectivity index (χ0) is 23.5. The third-order valence-electron chi connectivity index (χ3n) is 8.37. The van der Waals surface area contributed by atoms with Crippen molar-refractivity contribution in [1.29, 1.82) is 0 Å². The monoisotopic (exact) mass is 486 g/mol. The standard InChI is InChI=1S/C26H48O4P2/c1-21(2)17-25(27-11-12-28-25)18-22(3,4)31(21)15-9-10-16-32-23(5,6)19-26(20-24(32,7)8)29-13-14-30-26/h9-20H2,1-8H3. The van der Waals surface area contributed by atoms with E-state index in [-0.39, 0.29) is 27.4 Å². The van der Waals surface area contributed by atoms with Gasteiger partial charge in [-0.25, -0.2) is 0 Å². The van der Waals surface area contributed by atoms with Crippen LogP contribution in [-0.4, -0.2) is 70.9 Å². The molecule has 2 spiro atoms. The molecule has 4 aliphatic heterocycles. The summed E-state index contributed by atoms with van der Waals surface area (Å²) in [6.45, 7) is 22.9. The van der Waals surface area contributed by atoms with E-state index in [0.717, 1.165) is 52.1 Å². The molecule has 32 heavy (non-hydrogen) atoms. The molecule has 186 valence electrons. The van der Waals surface area contributed by atoms with E-state index < -0.39 is 0 Å². The first-order chi connectivity index (χ1) is 14.7. The zero-order valence-corrected chi connectivity index (χ0v) is 23.8. The molecule has 4 heterocycles. The molecular formula is C26H48O4P2. The molecule has 0 bridgehead atoms. The van der Waals surface area contributed by atoms with Gasteiger partial charge in [-0.05, 0) is 45.8 Å². The second-order valence-corrected chi connectivity index (χ2v) is 20.6. The van der Waals surface area contributed by atoms with Gasteiger partial charge >= 0.3 is 0 Å². The van der Waals surface area contributed by atoms with Gasteiger partial charge in [-0.1, -0.05) is 71.2 Å². The fraction of sp³-hybridized carbons (Fsp3) is 1.00. The largest absolute Gasteiger partial charge is 0.347 e. The van der Waals surface area contributed by atoms with Gasteiger partial charge in [0.1, 0.15) is 0 Å². The third-order valence-corrected chi connectivity index (χ3v) is 16.4. The fourth-order valence-corrected chi connectivity index (χ4v) is 16.4. The molecule has 4 aliphatic rings. The highest BCUT2D eigenvalue weighted by Crippen LogP contribution is 2.71. The van der Waals surface area contributed by atoms with E-state index in [1.165, 1.54) is 25.2 Å². The lowest BCUT2D eigenvalue weighted by atomic mass is 9.91. The maximum absolute atomic E-state index is 6.16. The lowest BCUT2D eigenvalue weighted by molar-refractivity contribution is -0.179. The van der Waals surface area contributed by atoms with Crippen LogP contribution in [0.3, 0.4) is 0 Å². The van der Waals surface area contributed by atoms with Gasteiger partial charge < -0.3 is 18.9 Å². The van der Waals surface area contributed by atoms with Crippen molar-refractivity contribution in [3.05, 3.63) is 0 Å². The van der Waals surface area contributed by atoms with E-state index >= 15 is 0 Å². The maximum atomic E-state index is 6.16. The molecule has 0 amide bonds. The maximum Gasteiger partial charge on any atom is 0.170 e. The van der Waals surface area contributed by atoms with Gasteiger partial charge in [0.05, 0.1) is 26.4 Å².